The molecule has 2 aromatic carbocycles. The molecule has 9 nitrogen and oxygen atoms in total. The monoisotopic (exact) mass is 473 g/mol. The predicted octanol–water partition coefficient (Wildman–Crippen LogP) is 2.52. The zero-order valence-corrected chi connectivity index (χ0v) is 19.3. The fraction of sp³-hybridized carbons (Fsp3) is 0.348. The van der Waals surface area contributed by atoms with E-state index in [1.54, 1.807) is 55.6 Å². The van der Waals surface area contributed by atoms with Crippen LogP contribution in [0.1, 0.15) is 13.3 Å². The summed E-state index contributed by atoms with van der Waals surface area (Å²) in [6, 6.07) is 12.1. The number of hydrogen-bond donors (Lipinski definition) is 4. The number of amides is 4. The van der Waals surface area contributed by atoms with Crippen LogP contribution in [0.4, 0.5) is 21.9 Å². The van der Waals surface area contributed by atoms with Gasteiger partial charge >= 0.3 is 6.03 Å². The molecule has 10 heteroatoms. The van der Waals surface area contributed by atoms with Gasteiger partial charge in [0.05, 0.1) is 12.6 Å². The van der Waals surface area contributed by atoms with Crippen molar-refractivity contribution in [1.82, 2.24) is 10.2 Å². The van der Waals surface area contributed by atoms with Gasteiger partial charge in [0.25, 0.3) is 0 Å². The maximum atomic E-state index is 12.9. The quantitative estimate of drug-likeness (QED) is 0.493. The molecule has 1 aliphatic rings. The Balaban J connectivity index is 1.62. The topological polar surface area (TPSA) is 114 Å². The van der Waals surface area contributed by atoms with Crippen LogP contribution >= 0.6 is 11.6 Å². The summed E-state index contributed by atoms with van der Waals surface area (Å²) in [6.45, 7) is 2.92. The molecule has 4 N–H and O–H groups in total. The second-order valence-electron chi connectivity index (χ2n) is 7.76. The SMILES string of the molecule is CCNCC(=O)N(C)c1ccc(NC(=O)[C@H]2C[C@@H](O)CN2C(=O)Nc2ccc(Cl)cc2)cc1. The lowest BCUT2D eigenvalue weighted by molar-refractivity contribution is -0.119. The lowest BCUT2D eigenvalue weighted by Crippen LogP contribution is -2.45. The van der Waals surface area contributed by atoms with Crippen molar-refractivity contribution >= 4 is 46.5 Å². The van der Waals surface area contributed by atoms with Gasteiger partial charge in [-0.15, -0.1) is 0 Å². The van der Waals surface area contributed by atoms with Gasteiger partial charge in [-0.25, -0.2) is 4.79 Å². The van der Waals surface area contributed by atoms with E-state index in [0.717, 1.165) is 0 Å². The number of aliphatic hydroxyl groups is 1. The highest BCUT2D eigenvalue weighted by Crippen LogP contribution is 2.23. The number of likely N-dealkylation sites (tertiary alicyclic amines) is 1. The first kappa shape index (κ1) is 24.5. The third-order valence-corrected chi connectivity index (χ3v) is 5.61. The molecule has 0 spiro atoms. The number of likely N-dealkylation sites (N-methyl/N-ethyl adjacent to an activating group) is 2. The van der Waals surface area contributed by atoms with Gasteiger partial charge in [-0.1, -0.05) is 18.5 Å². The fourth-order valence-electron chi connectivity index (χ4n) is 3.50. The molecule has 4 amide bonds. The fourth-order valence-corrected chi connectivity index (χ4v) is 3.63. The highest BCUT2D eigenvalue weighted by molar-refractivity contribution is 6.30. The maximum absolute atomic E-state index is 12.9. The largest absolute Gasteiger partial charge is 0.391 e. The Labute approximate surface area is 197 Å². The van der Waals surface area contributed by atoms with Crippen molar-refractivity contribution in [2.75, 3.05) is 42.2 Å². The number of aliphatic hydroxyl groups excluding tert-OH is 1. The van der Waals surface area contributed by atoms with E-state index in [2.05, 4.69) is 16.0 Å². The number of benzene rings is 2. The molecular formula is C23H28ClN5O4. The van der Waals surface area contributed by atoms with Crippen LogP contribution in [-0.4, -0.2) is 66.7 Å². The van der Waals surface area contributed by atoms with Gasteiger partial charge < -0.3 is 30.9 Å². The molecule has 2 aromatic rings. The molecule has 2 atom stereocenters. The van der Waals surface area contributed by atoms with Crippen LogP contribution in [0.15, 0.2) is 48.5 Å². The Bertz CT molecular complexity index is 983. The van der Waals surface area contributed by atoms with Gasteiger partial charge in [0, 0.05) is 42.1 Å². The maximum Gasteiger partial charge on any atom is 0.322 e. The normalized spacial score (nSPS) is 17.5. The van der Waals surface area contributed by atoms with Gasteiger partial charge in [0.15, 0.2) is 0 Å². The summed E-state index contributed by atoms with van der Waals surface area (Å²) in [5.74, 6) is -0.474. The van der Waals surface area contributed by atoms with Crippen molar-refractivity contribution in [2.45, 2.75) is 25.5 Å². The van der Waals surface area contributed by atoms with Gasteiger partial charge in [0.1, 0.15) is 6.04 Å². The van der Waals surface area contributed by atoms with E-state index in [1.165, 1.54) is 9.80 Å². The molecule has 0 aliphatic carbocycles. The molecule has 176 valence electrons. The molecule has 33 heavy (non-hydrogen) atoms. The predicted molar refractivity (Wildman–Crippen MR) is 129 cm³/mol. The number of β-amino-alcohol motifs (C(OH)–C–C–N with tert-alkyl or cyclic N) is 1. The van der Waals surface area contributed by atoms with Crippen LogP contribution in [0.25, 0.3) is 0 Å². The highest BCUT2D eigenvalue weighted by atomic mass is 35.5. The van der Waals surface area contributed by atoms with Crippen molar-refractivity contribution in [2.24, 2.45) is 0 Å². The van der Waals surface area contributed by atoms with E-state index in [9.17, 15) is 19.5 Å². The summed E-state index contributed by atoms with van der Waals surface area (Å²) in [4.78, 5) is 40.6. The molecule has 3 rings (SSSR count). The summed E-state index contributed by atoms with van der Waals surface area (Å²) in [5, 5.41) is 19.1. The second kappa shape index (κ2) is 11.1. The van der Waals surface area contributed by atoms with E-state index in [4.69, 9.17) is 11.6 Å². The third-order valence-electron chi connectivity index (χ3n) is 5.36. The first-order valence-electron chi connectivity index (χ1n) is 10.7. The van der Waals surface area contributed by atoms with Crippen LogP contribution in [0.3, 0.4) is 0 Å². The zero-order chi connectivity index (χ0) is 24.0. The lowest BCUT2D eigenvalue weighted by Gasteiger charge is -2.24. The molecule has 1 aliphatic heterocycles. The number of rotatable bonds is 7. The summed E-state index contributed by atoms with van der Waals surface area (Å²) in [6.07, 6.45) is -0.657. The second-order valence-corrected chi connectivity index (χ2v) is 8.20. The van der Waals surface area contributed by atoms with Crippen molar-refractivity contribution in [3.63, 3.8) is 0 Å². The Morgan fingerprint density at radius 3 is 2.30 bits per heavy atom. The number of carbonyl (C=O) groups excluding carboxylic acids is 3. The number of hydrogen-bond acceptors (Lipinski definition) is 5. The minimum Gasteiger partial charge on any atom is -0.391 e. The molecule has 0 bridgehead atoms. The smallest absolute Gasteiger partial charge is 0.322 e. The molecular weight excluding hydrogens is 446 g/mol. The Kier molecular flexibility index (Phi) is 8.26. The van der Waals surface area contributed by atoms with E-state index < -0.39 is 24.1 Å². The van der Waals surface area contributed by atoms with Gasteiger partial charge in [-0.2, -0.15) is 0 Å². The van der Waals surface area contributed by atoms with Gasteiger partial charge in [-0.3, -0.25) is 9.59 Å². The average Bonchev–Trinajstić information content (AvgIpc) is 3.21. The number of halogens is 1. The van der Waals surface area contributed by atoms with E-state index in [1.807, 2.05) is 6.92 Å². The summed E-state index contributed by atoms with van der Waals surface area (Å²) < 4.78 is 0. The van der Waals surface area contributed by atoms with Crippen molar-refractivity contribution < 1.29 is 19.5 Å². The number of nitrogens with one attached hydrogen (secondary N) is 3. The molecule has 0 radical (unpaired) electrons. The summed E-state index contributed by atoms with van der Waals surface area (Å²) in [5.41, 5.74) is 1.75. The Hall–Kier alpha value is -3.14. The Morgan fingerprint density at radius 1 is 1.06 bits per heavy atom. The number of nitrogens with zero attached hydrogens (tertiary/aromatic N) is 2. The van der Waals surface area contributed by atoms with Crippen LogP contribution in [0, 0.1) is 0 Å². The van der Waals surface area contributed by atoms with Crippen LogP contribution < -0.4 is 20.9 Å². The van der Waals surface area contributed by atoms with E-state index >= 15 is 0 Å². The van der Waals surface area contributed by atoms with Gasteiger partial charge in [-0.05, 0) is 55.1 Å². The Morgan fingerprint density at radius 2 is 1.67 bits per heavy atom. The minimum absolute atomic E-state index is 0.0507. The molecule has 1 fully saturated rings. The number of carbonyl (C=O) groups is 3. The lowest BCUT2D eigenvalue weighted by atomic mass is 10.1. The molecule has 0 aromatic heterocycles. The standard InChI is InChI=1S/C23H28ClN5O4/c1-3-25-13-21(31)28(2)18-10-8-16(9-11-18)26-22(32)20-12-19(30)14-29(20)23(33)27-17-6-4-15(24)5-7-17/h4-11,19-20,25,30H,3,12-14H2,1-2H3,(H,26,32)(H,27,33)/t19-,20-/m1/s1. The van der Waals surface area contributed by atoms with Crippen LogP contribution in [0.5, 0.6) is 0 Å². The van der Waals surface area contributed by atoms with Gasteiger partial charge in [0.2, 0.25) is 11.8 Å². The van der Waals surface area contributed by atoms with Crippen LogP contribution in [-0.2, 0) is 9.59 Å². The molecule has 1 heterocycles. The van der Waals surface area contributed by atoms with Crippen LogP contribution in [0.2, 0.25) is 5.02 Å². The first-order valence-corrected chi connectivity index (χ1v) is 11.1. The first-order chi connectivity index (χ1) is 15.8. The van der Waals surface area contributed by atoms with E-state index in [0.29, 0.717) is 28.6 Å². The van der Waals surface area contributed by atoms with Crippen molar-refractivity contribution in [3.8, 4) is 0 Å². The highest BCUT2D eigenvalue weighted by Gasteiger charge is 2.39. The molecule has 0 unspecified atom stereocenters. The number of urea groups is 1. The van der Waals surface area contributed by atoms with Crippen molar-refractivity contribution in [3.05, 3.63) is 53.6 Å². The average molecular weight is 474 g/mol. The minimum atomic E-state index is -0.823. The number of anilines is 3. The summed E-state index contributed by atoms with van der Waals surface area (Å²) in [7, 11) is 1.68. The summed E-state index contributed by atoms with van der Waals surface area (Å²) >= 11 is 5.87. The zero-order valence-electron chi connectivity index (χ0n) is 18.5. The molecule has 0 saturated carbocycles. The van der Waals surface area contributed by atoms with E-state index in [-0.39, 0.29) is 25.4 Å². The molecule has 1 saturated heterocycles. The van der Waals surface area contributed by atoms with Crippen molar-refractivity contribution in [1.29, 1.82) is 0 Å². The third kappa shape index (κ3) is 6.44.